The predicted molar refractivity (Wildman–Crippen MR) is 59.8 cm³/mol. The molecule has 15 heavy (non-hydrogen) atoms. The van der Waals surface area contributed by atoms with Crippen LogP contribution in [0, 0.1) is 0 Å². The lowest BCUT2D eigenvalue weighted by molar-refractivity contribution is 0.487. The average Bonchev–Trinajstić information content (AvgIpc) is 2.71. The summed E-state index contributed by atoms with van der Waals surface area (Å²) in [5.74, 6) is 0.0928. The molecule has 0 N–H and O–H groups in total. The molecule has 0 saturated carbocycles. The van der Waals surface area contributed by atoms with Gasteiger partial charge in [0, 0.05) is 13.1 Å². The highest BCUT2D eigenvalue weighted by atomic mass is 32.2. The second-order valence-electron chi connectivity index (χ2n) is 3.53. The average molecular weight is 223 g/mol. The molecule has 0 saturated heterocycles. The van der Waals surface area contributed by atoms with Crippen molar-refractivity contribution in [2.45, 2.75) is 5.75 Å². The van der Waals surface area contributed by atoms with Crippen LogP contribution in [0.4, 0.5) is 0 Å². The molecular formula is C11H13NO2S. The smallest absolute Gasteiger partial charge is 0.212 e. The van der Waals surface area contributed by atoms with Gasteiger partial charge in [0.15, 0.2) is 0 Å². The van der Waals surface area contributed by atoms with Crippen molar-refractivity contribution in [2.24, 2.45) is 0 Å². The third-order valence-corrected chi connectivity index (χ3v) is 4.15. The van der Waals surface area contributed by atoms with Crippen LogP contribution in [0.1, 0.15) is 5.56 Å². The van der Waals surface area contributed by atoms with E-state index in [1.165, 1.54) is 4.31 Å². The first-order chi connectivity index (χ1) is 7.18. The van der Waals surface area contributed by atoms with Gasteiger partial charge in [-0.1, -0.05) is 42.5 Å². The molecule has 1 aromatic rings. The molecule has 3 nitrogen and oxygen atoms in total. The first kappa shape index (κ1) is 10.4. The molecule has 0 aromatic heterocycles. The Balaban J connectivity index is 2.11. The van der Waals surface area contributed by atoms with Crippen molar-refractivity contribution >= 4 is 10.0 Å². The molecule has 0 atom stereocenters. The first-order valence-electron chi connectivity index (χ1n) is 4.85. The van der Waals surface area contributed by atoms with Crippen molar-refractivity contribution in [3.8, 4) is 0 Å². The minimum Gasteiger partial charge on any atom is -0.212 e. The van der Waals surface area contributed by atoms with Crippen molar-refractivity contribution in [3.63, 3.8) is 0 Å². The summed E-state index contributed by atoms with van der Waals surface area (Å²) in [5.41, 5.74) is 0.837. The molecule has 1 aliphatic heterocycles. The number of rotatable bonds is 3. The van der Waals surface area contributed by atoms with Crippen LogP contribution in [0.5, 0.6) is 0 Å². The van der Waals surface area contributed by atoms with Gasteiger partial charge in [-0.15, -0.1) is 0 Å². The van der Waals surface area contributed by atoms with E-state index >= 15 is 0 Å². The van der Waals surface area contributed by atoms with Crippen molar-refractivity contribution < 1.29 is 8.42 Å². The van der Waals surface area contributed by atoms with Crippen LogP contribution in [0.15, 0.2) is 42.5 Å². The van der Waals surface area contributed by atoms with E-state index in [-0.39, 0.29) is 5.75 Å². The molecule has 0 spiro atoms. The lowest BCUT2D eigenvalue weighted by atomic mass is 10.2. The molecular weight excluding hydrogens is 210 g/mol. The number of hydrogen-bond acceptors (Lipinski definition) is 2. The van der Waals surface area contributed by atoms with Gasteiger partial charge in [0.2, 0.25) is 10.0 Å². The van der Waals surface area contributed by atoms with E-state index < -0.39 is 10.0 Å². The van der Waals surface area contributed by atoms with E-state index in [1.54, 1.807) is 0 Å². The van der Waals surface area contributed by atoms with Gasteiger partial charge in [-0.05, 0) is 5.56 Å². The highest BCUT2D eigenvalue weighted by Gasteiger charge is 2.22. The summed E-state index contributed by atoms with van der Waals surface area (Å²) >= 11 is 0. The molecule has 0 fully saturated rings. The van der Waals surface area contributed by atoms with Gasteiger partial charge in [-0.3, -0.25) is 0 Å². The SMILES string of the molecule is O=S(=O)(Cc1ccccc1)N1CC=CC1. The lowest BCUT2D eigenvalue weighted by Gasteiger charge is -2.15. The Morgan fingerprint density at radius 1 is 1.07 bits per heavy atom. The first-order valence-corrected chi connectivity index (χ1v) is 6.46. The van der Waals surface area contributed by atoms with Gasteiger partial charge in [0.25, 0.3) is 0 Å². The Bertz CT molecular complexity index is 443. The summed E-state index contributed by atoms with van der Waals surface area (Å²) in [6, 6.07) is 9.26. The number of nitrogens with zero attached hydrogens (tertiary/aromatic N) is 1. The van der Waals surface area contributed by atoms with Gasteiger partial charge in [-0.25, -0.2) is 8.42 Å². The van der Waals surface area contributed by atoms with Crippen molar-refractivity contribution in [2.75, 3.05) is 13.1 Å². The quantitative estimate of drug-likeness (QED) is 0.726. The van der Waals surface area contributed by atoms with Crippen molar-refractivity contribution in [1.82, 2.24) is 4.31 Å². The summed E-state index contributed by atoms with van der Waals surface area (Å²) < 4.78 is 25.3. The molecule has 1 aromatic carbocycles. The van der Waals surface area contributed by atoms with Gasteiger partial charge in [0.05, 0.1) is 5.75 Å². The molecule has 0 bridgehead atoms. The van der Waals surface area contributed by atoms with Crippen LogP contribution in [-0.2, 0) is 15.8 Å². The molecule has 0 unspecified atom stereocenters. The monoisotopic (exact) mass is 223 g/mol. The Morgan fingerprint density at radius 2 is 1.67 bits per heavy atom. The Hall–Kier alpha value is -1.13. The highest BCUT2D eigenvalue weighted by molar-refractivity contribution is 7.88. The molecule has 0 radical (unpaired) electrons. The van der Waals surface area contributed by atoms with Crippen LogP contribution in [0.3, 0.4) is 0 Å². The fourth-order valence-corrected chi connectivity index (χ4v) is 2.98. The topological polar surface area (TPSA) is 37.4 Å². The zero-order valence-corrected chi connectivity index (χ0v) is 9.15. The van der Waals surface area contributed by atoms with Crippen molar-refractivity contribution in [3.05, 3.63) is 48.0 Å². The Labute approximate surface area is 90.1 Å². The minimum absolute atomic E-state index is 0.0928. The predicted octanol–water partition coefficient (Wildman–Crippen LogP) is 1.39. The summed E-state index contributed by atoms with van der Waals surface area (Å²) in [6.45, 7) is 1.02. The molecule has 1 aliphatic rings. The van der Waals surface area contributed by atoms with Crippen LogP contribution in [0.25, 0.3) is 0 Å². The van der Waals surface area contributed by atoms with E-state index in [0.717, 1.165) is 5.56 Å². The van der Waals surface area contributed by atoms with E-state index in [1.807, 2.05) is 42.5 Å². The molecule has 0 aliphatic carbocycles. The molecule has 0 amide bonds. The fraction of sp³-hybridized carbons (Fsp3) is 0.273. The Kier molecular flexibility index (Phi) is 2.88. The van der Waals surface area contributed by atoms with Crippen LogP contribution in [-0.4, -0.2) is 25.8 Å². The maximum absolute atomic E-state index is 11.9. The zero-order valence-electron chi connectivity index (χ0n) is 8.33. The molecule has 1 heterocycles. The van der Waals surface area contributed by atoms with E-state index in [9.17, 15) is 8.42 Å². The lowest BCUT2D eigenvalue weighted by Crippen LogP contribution is -2.29. The summed E-state index contributed by atoms with van der Waals surface area (Å²) in [7, 11) is -3.14. The highest BCUT2D eigenvalue weighted by Crippen LogP contribution is 2.13. The molecule has 4 heteroatoms. The van der Waals surface area contributed by atoms with Gasteiger partial charge in [0.1, 0.15) is 0 Å². The van der Waals surface area contributed by atoms with E-state index in [2.05, 4.69) is 0 Å². The molecule has 80 valence electrons. The van der Waals surface area contributed by atoms with Gasteiger partial charge < -0.3 is 0 Å². The summed E-state index contributed by atoms with van der Waals surface area (Å²) in [6.07, 6.45) is 3.76. The Morgan fingerprint density at radius 3 is 2.27 bits per heavy atom. The zero-order chi connectivity index (χ0) is 10.7. The van der Waals surface area contributed by atoms with Crippen LogP contribution < -0.4 is 0 Å². The van der Waals surface area contributed by atoms with Gasteiger partial charge >= 0.3 is 0 Å². The second kappa shape index (κ2) is 4.16. The third-order valence-electron chi connectivity index (χ3n) is 2.37. The van der Waals surface area contributed by atoms with Crippen molar-refractivity contribution in [1.29, 1.82) is 0 Å². The van der Waals surface area contributed by atoms with Crippen LogP contribution in [0.2, 0.25) is 0 Å². The van der Waals surface area contributed by atoms with Crippen LogP contribution >= 0.6 is 0 Å². The third kappa shape index (κ3) is 2.46. The maximum Gasteiger partial charge on any atom is 0.218 e. The number of hydrogen-bond donors (Lipinski definition) is 0. The summed E-state index contributed by atoms with van der Waals surface area (Å²) in [4.78, 5) is 0. The minimum atomic E-state index is -3.14. The fourth-order valence-electron chi connectivity index (χ4n) is 1.56. The maximum atomic E-state index is 11.9. The normalized spacial score (nSPS) is 17.1. The number of sulfonamides is 1. The standard InChI is InChI=1S/C11H13NO2S/c13-15(14,12-8-4-5-9-12)10-11-6-2-1-3-7-11/h1-7H,8-10H2. The van der Waals surface area contributed by atoms with E-state index in [4.69, 9.17) is 0 Å². The largest absolute Gasteiger partial charge is 0.218 e. The second-order valence-corrected chi connectivity index (χ2v) is 5.50. The van der Waals surface area contributed by atoms with E-state index in [0.29, 0.717) is 13.1 Å². The van der Waals surface area contributed by atoms with Gasteiger partial charge in [-0.2, -0.15) is 4.31 Å². The summed E-state index contributed by atoms with van der Waals surface area (Å²) in [5, 5.41) is 0. The molecule has 2 rings (SSSR count). The number of benzene rings is 1.